The smallest absolute Gasteiger partial charge is 0.0599 e. The third-order valence-corrected chi connectivity index (χ3v) is 3.05. The zero-order valence-electron chi connectivity index (χ0n) is 7.37. The van der Waals surface area contributed by atoms with Gasteiger partial charge in [-0.1, -0.05) is 11.6 Å². The van der Waals surface area contributed by atoms with Crippen molar-refractivity contribution in [1.82, 2.24) is 4.90 Å². The number of nitrogens with zero attached hydrogens (tertiary/aromatic N) is 2. The molecule has 1 N–H and O–H groups in total. The summed E-state index contributed by atoms with van der Waals surface area (Å²) in [6, 6.07) is 0.679. The van der Waals surface area contributed by atoms with Gasteiger partial charge in [0.05, 0.1) is 5.71 Å². The van der Waals surface area contributed by atoms with Crippen LogP contribution in [0.2, 0.25) is 0 Å². The molecule has 2 saturated heterocycles. The van der Waals surface area contributed by atoms with Crippen LogP contribution < -0.4 is 0 Å². The first-order valence-electron chi connectivity index (χ1n) is 4.84. The van der Waals surface area contributed by atoms with Gasteiger partial charge in [-0.3, -0.25) is 4.90 Å². The van der Waals surface area contributed by atoms with Gasteiger partial charge >= 0.3 is 0 Å². The molecule has 0 saturated carbocycles. The Morgan fingerprint density at radius 1 is 1.33 bits per heavy atom. The zero-order chi connectivity index (χ0) is 8.39. The molecule has 0 bridgehead atoms. The molecule has 2 rings (SSSR count). The topological polar surface area (TPSA) is 35.8 Å². The van der Waals surface area contributed by atoms with Crippen molar-refractivity contribution in [2.24, 2.45) is 5.16 Å². The maximum atomic E-state index is 8.65. The van der Waals surface area contributed by atoms with E-state index in [1.54, 1.807) is 0 Å². The van der Waals surface area contributed by atoms with E-state index in [1.165, 1.54) is 25.8 Å². The van der Waals surface area contributed by atoms with E-state index in [4.69, 9.17) is 5.21 Å². The minimum absolute atomic E-state index is 0.679. The molecule has 2 aliphatic heterocycles. The normalized spacial score (nSPS) is 35.0. The van der Waals surface area contributed by atoms with E-state index in [0.29, 0.717) is 6.04 Å². The van der Waals surface area contributed by atoms with Gasteiger partial charge in [-0.15, -0.1) is 0 Å². The molecule has 0 amide bonds. The summed E-state index contributed by atoms with van der Waals surface area (Å²) in [5.41, 5.74) is 0.998. The van der Waals surface area contributed by atoms with Crippen LogP contribution in [0.3, 0.4) is 0 Å². The first-order chi connectivity index (χ1) is 5.90. The van der Waals surface area contributed by atoms with E-state index >= 15 is 0 Å². The quantitative estimate of drug-likeness (QED) is 0.439. The molecule has 3 heteroatoms. The van der Waals surface area contributed by atoms with Gasteiger partial charge in [-0.05, 0) is 19.4 Å². The SMILES string of the molecule is O/N=C1\CCN2CCCCC2C1. The van der Waals surface area contributed by atoms with Crippen molar-refractivity contribution in [2.45, 2.75) is 38.1 Å². The summed E-state index contributed by atoms with van der Waals surface area (Å²) in [6.07, 6.45) is 5.95. The van der Waals surface area contributed by atoms with Crippen molar-refractivity contribution in [1.29, 1.82) is 0 Å². The van der Waals surface area contributed by atoms with Crippen molar-refractivity contribution >= 4 is 5.71 Å². The summed E-state index contributed by atoms with van der Waals surface area (Å²) < 4.78 is 0. The highest BCUT2D eigenvalue weighted by atomic mass is 16.4. The molecule has 1 unspecified atom stereocenters. The minimum Gasteiger partial charge on any atom is -0.411 e. The standard InChI is InChI=1S/C9H16N2O/c12-10-8-4-6-11-5-2-1-3-9(11)7-8/h9,12H,1-7H2/b10-8+. The highest BCUT2D eigenvalue weighted by Crippen LogP contribution is 2.24. The van der Waals surface area contributed by atoms with Gasteiger partial charge in [0.2, 0.25) is 0 Å². The van der Waals surface area contributed by atoms with Crippen LogP contribution in [0.25, 0.3) is 0 Å². The average Bonchev–Trinajstić information content (AvgIpc) is 2.17. The Hall–Kier alpha value is -0.570. The fourth-order valence-corrected chi connectivity index (χ4v) is 2.32. The van der Waals surface area contributed by atoms with Crippen LogP contribution >= 0.6 is 0 Å². The number of hydrogen-bond acceptors (Lipinski definition) is 3. The Morgan fingerprint density at radius 3 is 3.08 bits per heavy atom. The van der Waals surface area contributed by atoms with E-state index in [1.807, 2.05) is 0 Å². The summed E-state index contributed by atoms with van der Waals surface area (Å²) in [5.74, 6) is 0. The van der Waals surface area contributed by atoms with E-state index in [2.05, 4.69) is 10.1 Å². The molecular weight excluding hydrogens is 152 g/mol. The monoisotopic (exact) mass is 168 g/mol. The lowest BCUT2D eigenvalue weighted by atomic mass is 9.92. The number of piperidine rings is 2. The zero-order valence-corrected chi connectivity index (χ0v) is 7.37. The van der Waals surface area contributed by atoms with Gasteiger partial charge in [-0.2, -0.15) is 0 Å². The molecule has 12 heavy (non-hydrogen) atoms. The number of oxime groups is 1. The van der Waals surface area contributed by atoms with E-state index in [-0.39, 0.29) is 0 Å². The Morgan fingerprint density at radius 2 is 2.25 bits per heavy atom. The largest absolute Gasteiger partial charge is 0.411 e. The maximum Gasteiger partial charge on any atom is 0.0599 e. The van der Waals surface area contributed by atoms with Crippen LogP contribution in [0.15, 0.2) is 5.16 Å². The van der Waals surface area contributed by atoms with E-state index in [0.717, 1.165) is 25.1 Å². The maximum absolute atomic E-state index is 8.65. The fraction of sp³-hybridized carbons (Fsp3) is 0.889. The molecule has 3 nitrogen and oxygen atoms in total. The molecule has 0 spiro atoms. The molecule has 2 heterocycles. The molecule has 0 aliphatic carbocycles. The second-order valence-electron chi connectivity index (χ2n) is 3.81. The lowest BCUT2D eigenvalue weighted by molar-refractivity contribution is 0.142. The van der Waals surface area contributed by atoms with Gasteiger partial charge in [0.1, 0.15) is 0 Å². The van der Waals surface area contributed by atoms with Crippen molar-refractivity contribution in [3.05, 3.63) is 0 Å². The lowest BCUT2D eigenvalue weighted by Gasteiger charge is -2.39. The van der Waals surface area contributed by atoms with Crippen molar-refractivity contribution < 1.29 is 5.21 Å². The van der Waals surface area contributed by atoms with Crippen LogP contribution in [0, 0.1) is 0 Å². The first-order valence-corrected chi connectivity index (χ1v) is 4.84. The molecule has 68 valence electrons. The first kappa shape index (κ1) is 8.05. The van der Waals surface area contributed by atoms with Crippen LogP contribution in [0.4, 0.5) is 0 Å². The molecule has 1 atom stereocenters. The van der Waals surface area contributed by atoms with Gasteiger partial charge in [0.25, 0.3) is 0 Å². The van der Waals surface area contributed by atoms with E-state index in [9.17, 15) is 0 Å². The van der Waals surface area contributed by atoms with Crippen molar-refractivity contribution in [3.63, 3.8) is 0 Å². The van der Waals surface area contributed by atoms with Crippen LogP contribution in [0.1, 0.15) is 32.1 Å². The summed E-state index contributed by atoms with van der Waals surface area (Å²) in [6.45, 7) is 2.35. The molecule has 2 aliphatic rings. The Kier molecular flexibility index (Phi) is 2.30. The number of fused-ring (bicyclic) bond motifs is 1. The minimum atomic E-state index is 0.679. The van der Waals surface area contributed by atoms with Crippen molar-refractivity contribution in [3.8, 4) is 0 Å². The number of hydrogen-bond donors (Lipinski definition) is 1. The second-order valence-corrected chi connectivity index (χ2v) is 3.81. The Bertz CT molecular complexity index is 191. The highest BCUT2D eigenvalue weighted by Gasteiger charge is 2.27. The second kappa shape index (κ2) is 3.44. The van der Waals surface area contributed by atoms with Crippen LogP contribution in [0.5, 0.6) is 0 Å². The molecular formula is C9H16N2O. The van der Waals surface area contributed by atoms with Gasteiger partial charge in [0, 0.05) is 25.4 Å². The molecule has 2 fully saturated rings. The highest BCUT2D eigenvalue weighted by molar-refractivity contribution is 5.85. The Balaban J connectivity index is 1.98. The lowest BCUT2D eigenvalue weighted by Crippen LogP contribution is -2.45. The Labute approximate surface area is 73.1 Å². The average molecular weight is 168 g/mol. The fourth-order valence-electron chi connectivity index (χ4n) is 2.32. The summed E-state index contributed by atoms with van der Waals surface area (Å²) >= 11 is 0. The summed E-state index contributed by atoms with van der Waals surface area (Å²) in [4.78, 5) is 2.54. The third kappa shape index (κ3) is 1.46. The summed E-state index contributed by atoms with van der Waals surface area (Å²) in [5, 5.41) is 12.0. The summed E-state index contributed by atoms with van der Waals surface area (Å²) in [7, 11) is 0. The van der Waals surface area contributed by atoms with E-state index < -0.39 is 0 Å². The van der Waals surface area contributed by atoms with Crippen LogP contribution in [-0.2, 0) is 0 Å². The predicted octanol–water partition coefficient (Wildman–Crippen LogP) is 1.46. The predicted molar refractivity (Wildman–Crippen MR) is 47.7 cm³/mol. The molecule has 0 radical (unpaired) electrons. The van der Waals surface area contributed by atoms with Crippen LogP contribution in [-0.4, -0.2) is 35.0 Å². The molecule has 0 aromatic heterocycles. The third-order valence-electron chi connectivity index (χ3n) is 3.05. The van der Waals surface area contributed by atoms with Gasteiger partial charge in [-0.25, -0.2) is 0 Å². The van der Waals surface area contributed by atoms with Gasteiger partial charge < -0.3 is 5.21 Å². The number of rotatable bonds is 0. The molecule has 0 aromatic rings. The van der Waals surface area contributed by atoms with Crippen molar-refractivity contribution in [2.75, 3.05) is 13.1 Å². The van der Waals surface area contributed by atoms with Gasteiger partial charge in [0.15, 0.2) is 0 Å². The molecule has 0 aromatic carbocycles.